The van der Waals surface area contributed by atoms with Gasteiger partial charge < -0.3 is 4.90 Å². The summed E-state index contributed by atoms with van der Waals surface area (Å²) >= 11 is 12.9. The van der Waals surface area contributed by atoms with Gasteiger partial charge in [0.25, 0.3) is 22.0 Å². The SMILES string of the molecule is NS(=O)(=O)N[C@H]1CCCC[C@@H]1N1C(=O)c2ccccc2[C@@H](C(=O)NOCc2ccccn2)[C@@H]1c1ccc(Cl)cc1Cl. The van der Waals surface area contributed by atoms with Gasteiger partial charge in [-0.3, -0.25) is 19.4 Å². The molecule has 3 aromatic rings. The molecule has 1 aliphatic carbocycles. The van der Waals surface area contributed by atoms with Crippen LogP contribution in [-0.4, -0.2) is 42.2 Å². The Labute approximate surface area is 248 Å². The maximum Gasteiger partial charge on any atom is 0.274 e. The molecule has 2 heterocycles. The third-order valence-electron chi connectivity index (χ3n) is 7.46. The molecule has 0 spiro atoms. The average Bonchev–Trinajstić information content (AvgIpc) is 2.93. The number of nitrogens with zero attached hydrogens (tertiary/aromatic N) is 2. The maximum atomic E-state index is 14.2. The summed E-state index contributed by atoms with van der Waals surface area (Å²) in [5.74, 6) is -1.81. The second-order valence-corrected chi connectivity index (χ2v) is 12.3. The van der Waals surface area contributed by atoms with Gasteiger partial charge in [0.2, 0.25) is 0 Å². The summed E-state index contributed by atoms with van der Waals surface area (Å²) in [7, 11) is -4.07. The van der Waals surface area contributed by atoms with Crippen LogP contribution in [0.2, 0.25) is 10.0 Å². The van der Waals surface area contributed by atoms with Crippen molar-refractivity contribution in [3.63, 3.8) is 0 Å². The Hall–Kier alpha value is -3.06. The Kier molecular flexibility index (Phi) is 8.93. The lowest BCUT2D eigenvalue weighted by molar-refractivity contribution is -0.138. The first-order valence-electron chi connectivity index (χ1n) is 13.1. The van der Waals surface area contributed by atoms with Gasteiger partial charge in [-0.2, -0.15) is 13.1 Å². The molecule has 1 aromatic heterocycles. The van der Waals surface area contributed by atoms with Crippen LogP contribution in [0.25, 0.3) is 0 Å². The molecule has 4 atom stereocenters. The molecule has 2 aliphatic rings. The molecule has 0 unspecified atom stereocenters. The fraction of sp³-hybridized carbons (Fsp3) is 0.321. The topological polar surface area (TPSA) is 144 Å². The highest BCUT2D eigenvalue weighted by molar-refractivity contribution is 7.87. The highest BCUT2D eigenvalue weighted by Gasteiger charge is 2.49. The molecule has 216 valence electrons. The second-order valence-electron chi connectivity index (χ2n) is 10.1. The Balaban J connectivity index is 1.60. The minimum absolute atomic E-state index is 0.0267. The molecule has 41 heavy (non-hydrogen) atoms. The van der Waals surface area contributed by atoms with E-state index in [0.717, 1.165) is 12.8 Å². The van der Waals surface area contributed by atoms with Crippen LogP contribution in [0, 0.1) is 0 Å². The van der Waals surface area contributed by atoms with Crippen molar-refractivity contribution < 1.29 is 22.8 Å². The Bertz CT molecular complexity index is 1540. The van der Waals surface area contributed by atoms with Crippen molar-refractivity contribution in [1.29, 1.82) is 0 Å². The average molecular weight is 619 g/mol. The van der Waals surface area contributed by atoms with Gasteiger partial charge in [-0.1, -0.05) is 66.4 Å². The maximum absolute atomic E-state index is 14.2. The summed E-state index contributed by atoms with van der Waals surface area (Å²) in [6.45, 7) is 0.0267. The quantitative estimate of drug-likeness (QED) is 0.326. The smallest absolute Gasteiger partial charge is 0.274 e. The van der Waals surface area contributed by atoms with Crippen LogP contribution in [0.5, 0.6) is 0 Å². The number of hydroxylamine groups is 1. The van der Waals surface area contributed by atoms with E-state index in [9.17, 15) is 18.0 Å². The zero-order valence-corrected chi connectivity index (χ0v) is 24.2. The molecular weight excluding hydrogens is 589 g/mol. The third kappa shape index (κ3) is 6.56. The van der Waals surface area contributed by atoms with Crippen LogP contribution >= 0.6 is 23.2 Å². The number of hydrogen-bond acceptors (Lipinski definition) is 6. The minimum Gasteiger partial charge on any atom is -0.326 e. The summed E-state index contributed by atoms with van der Waals surface area (Å²) in [6.07, 6.45) is 4.09. The number of pyridine rings is 1. The summed E-state index contributed by atoms with van der Waals surface area (Å²) in [5.41, 5.74) is 4.48. The summed E-state index contributed by atoms with van der Waals surface area (Å²) < 4.78 is 26.7. The number of nitrogens with one attached hydrogen (secondary N) is 2. The minimum atomic E-state index is -4.07. The first-order valence-corrected chi connectivity index (χ1v) is 15.4. The molecule has 0 radical (unpaired) electrons. The summed E-state index contributed by atoms with van der Waals surface area (Å²) in [5, 5.41) is 6.02. The molecule has 0 bridgehead atoms. The molecule has 5 rings (SSSR count). The number of amides is 2. The van der Waals surface area contributed by atoms with Crippen LogP contribution in [0.15, 0.2) is 66.9 Å². The standard InChI is InChI=1S/C28H29Cl2N5O5S/c29-17-12-13-21(22(30)15-17)26-25(27(36)33-40-16-18-7-5-6-14-32-18)19-8-1-2-9-20(19)28(37)35(26)24-11-4-3-10-23(24)34-41(31,38)39/h1-2,5-9,12-15,23-26,34H,3-4,10-11,16H2,(H,33,36)(H2,31,38,39)/t23-,24-,25+,26-/m0/s1. The summed E-state index contributed by atoms with van der Waals surface area (Å²) in [4.78, 5) is 39.5. The number of aromatic nitrogens is 1. The first-order chi connectivity index (χ1) is 19.6. The highest BCUT2D eigenvalue weighted by Crippen LogP contribution is 2.47. The van der Waals surface area contributed by atoms with Crippen LogP contribution in [0.3, 0.4) is 0 Å². The Morgan fingerprint density at radius 2 is 1.80 bits per heavy atom. The van der Waals surface area contributed by atoms with E-state index in [1.54, 1.807) is 65.7 Å². The number of benzene rings is 2. The van der Waals surface area contributed by atoms with E-state index in [4.69, 9.17) is 33.2 Å². The van der Waals surface area contributed by atoms with Crippen molar-refractivity contribution in [2.45, 2.75) is 56.3 Å². The van der Waals surface area contributed by atoms with Crippen molar-refractivity contribution >= 4 is 45.2 Å². The largest absolute Gasteiger partial charge is 0.326 e. The third-order valence-corrected chi connectivity index (χ3v) is 8.65. The van der Waals surface area contributed by atoms with Crippen LogP contribution < -0.4 is 15.3 Å². The molecular formula is C28H29Cl2N5O5S. The molecule has 0 saturated heterocycles. The van der Waals surface area contributed by atoms with E-state index < -0.39 is 40.2 Å². The first kappa shape index (κ1) is 29.4. The van der Waals surface area contributed by atoms with Crippen LogP contribution in [-0.2, 0) is 26.4 Å². The number of rotatable bonds is 8. The van der Waals surface area contributed by atoms with Gasteiger partial charge in [0.15, 0.2) is 0 Å². The Morgan fingerprint density at radius 1 is 1.05 bits per heavy atom. The van der Waals surface area contributed by atoms with Crippen molar-refractivity contribution in [3.8, 4) is 0 Å². The van der Waals surface area contributed by atoms with Gasteiger partial charge in [0.05, 0.1) is 17.7 Å². The molecule has 2 aromatic carbocycles. The fourth-order valence-corrected chi connectivity index (χ4v) is 7.01. The normalized spacial score (nSPS) is 22.7. The van der Waals surface area contributed by atoms with Gasteiger partial charge in [0, 0.05) is 33.9 Å². The number of nitrogens with two attached hydrogens (primary N) is 1. The molecule has 10 nitrogen and oxygen atoms in total. The number of halogens is 2. The molecule has 1 saturated carbocycles. The monoisotopic (exact) mass is 617 g/mol. The number of carbonyl (C=O) groups is 2. The lowest BCUT2D eigenvalue weighted by atomic mass is 9.76. The van der Waals surface area contributed by atoms with Crippen molar-refractivity contribution in [3.05, 3.63) is 99.3 Å². The van der Waals surface area contributed by atoms with Gasteiger partial charge in [-0.05, 0) is 54.3 Å². The zero-order valence-electron chi connectivity index (χ0n) is 21.9. The summed E-state index contributed by atoms with van der Waals surface area (Å²) in [6, 6.07) is 14.9. The van der Waals surface area contributed by atoms with E-state index in [2.05, 4.69) is 15.2 Å². The lowest BCUT2D eigenvalue weighted by Gasteiger charge is -2.49. The van der Waals surface area contributed by atoms with Gasteiger partial charge in [-0.25, -0.2) is 10.6 Å². The van der Waals surface area contributed by atoms with Crippen molar-refractivity contribution in [2.24, 2.45) is 5.14 Å². The predicted octanol–water partition coefficient (Wildman–Crippen LogP) is 4.02. The van der Waals surface area contributed by atoms with Gasteiger partial charge >= 0.3 is 0 Å². The number of carbonyl (C=O) groups excluding carboxylic acids is 2. The zero-order chi connectivity index (χ0) is 29.1. The predicted molar refractivity (Wildman–Crippen MR) is 154 cm³/mol. The lowest BCUT2D eigenvalue weighted by Crippen LogP contribution is -2.59. The van der Waals surface area contributed by atoms with Gasteiger partial charge in [-0.15, -0.1) is 0 Å². The molecule has 4 N–H and O–H groups in total. The van der Waals surface area contributed by atoms with E-state index in [1.807, 2.05) is 6.07 Å². The number of hydrogen-bond donors (Lipinski definition) is 3. The van der Waals surface area contributed by atoms with E-state index in [0.29, 0.717) is 40.2 Å². The highest BCUT2D eigenvalue weighted by atomic mass is 35.5. The van der Waals surface area contributed by atoms with Crippen LogP contribution in [0.1, 0.15) is 64.8 Å². The van der Waals surface area contributed by atoms with E-state index in [-0.39, 0.29) is 17.5 Å². The molecule has 2 amide bonds. The van der Waals surface area contributed by atoms with Gasteiger partial charge in [0.1, 0.15) is 6.61 Å². The number of fused-ring (bicyclic) bond motifs is 1. The fourth-order valence-electron chi connectivity index (χ4n) is 5.79. The van der Waals surface area contributed by atoms with Crippen molar-refractivity contribution in [1.82, 2.24) is 20.1 Å². The molecule has 1 fully saturated rings. The second kappa shape index (κ2) is 12.4. The van der Waals surface area contributed by atoms with Crippen LogP contribution in [0.4, 0.5) is 0 Å². The van der Waals surface area contributed by atoms with E-state index >= 15 is 0 Å². The van der Waals surface area contributed by atoms with E-state index in [1.165, 1.54) is 0 Å². The van der Waals surface area contributed by atoms with Crippen molar-refractivity contribution in [2.75, 3.05) is 0 Å². The molecule has 13 heteroatoms. The molecule has 1 aliphatic heterocycles. The Morgan fingerprint density at radius 3 is 2.54 bits per heavy atom.